The first-order valence-corrected chi connectivity index (χ1v) is 22.4. The molecule has 0 amide bonds. The zero-order valence-corrected chi connectivity index (χ0v) is 39.7. The molecule has 55 heavy (non-hydrogen) atoms. The number of rotatable bonds is 11. The monoisotopic (exact) mass is 885 g/mol. The van der Waals surface area contributed by atoms with Gasteiger partial charge in [0.25, 0.3) is 0 Å². The van der Waals surface area contributed by atoms with Crippen LogP contribution in [-0.2, 0) is 31.6 Å². The standard InChI is InChI=1S/C35H53O2P.C8H9N.C5H12O.ClH.Pd/c1-23(2)26-21-29(24(3)4)33(30(22-26)25(5)6)34-31(36-7)19-20-32(37-8)35(34)38(27-15-11-9-12-16-27)28-17-13-10-14-18-28;9-7-6-8-4-2-1-3-5-8;1-5(2,3)6-4;;/h19-25,27-28H,9-18H2,1-8H3;1-4,9H,6-7H2;1-4H3;1H;/q;-2;;;+2. The van der Waals surface area contributed by atoms with E-state index in [-0.39, 0.29) is 38.4 Å². The number of methoxy groups -OCH3 is 3. The fraction of sp³-hybridized carbons (Fsp3) is 0.625. The minimum atomic E-state index is -0.889. The summed E-state index contributed by atoms with van der Waals surface area (Å²) in [5.74, 6) is 3.53. The van der Waals surface area contributed by atoms with Crippen LogP contribution >= 0.6 is 7.92 Å². The first-order chi connectivity index (χ1) is 25.3. The molecule has 1 N–H and O–H groups in total. The van der Waals surface area contributed by atoms with Gasteiger partial charge < -0.3 is 32.4 Å². The summed E-state index contributed by atoms with van der Waals surface area (Å²) in [5, 5.41) is 1.55. The van der Waals surface area contributed by atoms with E-state index in [9.17, 15) is 0 Å². The number of hydrogen-bond donors (Lipinski definition) is 0. The van der Waals surface area contributed by atoms with Gasteiger partial charge in [-0.3, -0.25) is 0 Å². The summed E-state index contributed by atoms with van der Waals surface area (Å²) in [4.78, 5) is 0. The van der Waals surface area contributed by atoms with Crippen molar-refractivity contribution < 1.29 is 47.0 Å². The van der Waals surface area contributed by atoms with Gasteiger partial charge in [-0.1, -0.05) is 72.9 Å². The molecule has 312 valence electrons. The van der Waals surface area contributed by atoms with Gasteiger partial charge in [0.15, 0.2) is 5.75 Å². The van der Waals surface area contributed by atoms with Gasteiger partial charge in [0.05, 0.1) is 36.7 Å². The maximum Gasteiger partial charge on any atom is 2.00 e. The molecule has 0 bridgehead atoms. The van der Waals surface area contributed by atoms with Crippen LogP contribution in [0.5, 0.6) is 11.5 Å². The van der Waals surface area contributed by atoms with Crippen molar-refractivity contribution in [2.75, 3.05) is 27.9 Å². The van der Waals surface area contributed by atoms with E-state index in [2.05, 4.69) is 71.9 Å². The van der Waals surface area contributed by atoms with Crippen molar-refractivity contribution in [1.82, 2.24) is 0 Å². The van der Waals surface area contributed by atoms with Crippen LogP contribution in [0.3, 0.4) is 0 Å². The molecule has 3 aromatic rings. The topological polar surface area (TPSA) is 51.5 Å². The molecule has 7 heteroatoms. The SMILES string of the molecule is COC(C)(C)C.COc1ccc(OC)c([PH+](C2CCCCC2)C2CCCCC2)c1-c1c(C(C)C)cc(C(C)C)cc1C(C)C.[Cl-].[NH-]CCc1[c-]cccc1.[Pd+2]. The summed E-state index contributed by atoms with van der Waals surface area (Å²) in [7, 11) is 4.58. The molecule has 0 aromatic heterocycles. The summed E-state index contributed by atoms with van der Waals surface area (Å²) < 4.78 is 17.5. The summed E-state index contributed by atoms with van der Waals surface area (Å²) in [6, 6.07) is 20.3. The predicted molar refractivity (Wildman–Crippen MR) is 234 cm³/mol. The molecule has 4 nitrogen and oxygen atoms in total. The normalized spacial score (nSPS) is 15.1. The molecule has 5 rings (SSSR count). The Morgan fingerprint density at radius 3 is 1.55 bits per heavy atom. The maximum atomic E-state index is 6.92. The van der Waals surface area contributed by atoms with Gasteiger partial charge >= 0.3 is 20.4 Å². The van der Waals surface area contributed by atoms with Gasteiger partial charge in [0.2, 0.25) is 0 Å². The number of ether oxygens (including phenoxy) is 3. The second-order valence-electron chi connectivity index (χ2n) is 17.1. The number of nitrogens with one attached hydrogen (secondary N) is 1. The first-order valence-electron chi connectivity index (χ1n) is 20.7. The first kappa shape index (κ1) is 51.6. The zero-order valence-electron chi connectivity index (χ0n) is 36.4. The van der Waals surface area contributed by atoms with Gasteiger partial charge in [-0.05, 0) is 124 Å². The second kappa shape index (κ2) is 25.8. The van der Waals surface area contributed by atoms with E-state index in [0.29, 0.717) is 24.3 Å². The quantitative estimate of drug-likeness (QED) is 0.110. The Balaban J connectivity index is 0.000000745. The van der Waals surface area contributed by atoms with Crippen molar-refractivity contribution in [3.05, 3.63) is 82.6 Å². The minimum Gasteiger partial charge on any atom is -1.00 e. The molecule has 0 atom stereocenters. The van der Waals surface area contributed by atoms with Crippen molar-refractivity contribution in [2.24, 2.45) is 0 Å². The van der Waals surface area contributed by atoms with Crippen molar-refractivity contribution in [1.29, 1.82) is 0 Å². The van der Waals surface area contributed by atoms with Crippen molar-refractivity contribution in [3.8, 4) is 22.6 Å². The maximum absolute atomic E-state index is 6.92. The third-order valence-corrected chi connectivity index (χ3v) is 15.1. The van der Waals surface area contributed by atoms with E-state index < -0.39 is 7.92 Å². The Hall–Kier alpha value is -1.44. The molecule has 3 aromatic carbocycles. The van der Waals surface area contributed by atoms with E-state index in [1.807, 2.05) is 59.3 Å². The predicted octanol–water partition coefficient (Wildman–Crippen LogP) is 10.8. The van der Waals surface area contributed by atoms with E-state index in [1.54, 1.807) is 12.4 Å². The summed E-state index contributed by atoms with van der Waals surface area (Å²) in [6.45, 7) is 20.7. The number of halogens is 1. The van der Waals surface area contributed by atoms with Crippen LogP contribution in [0, 0.1) is 6.07 Å². The van der Waals surface area contributed by atoms with Crippen LogP contribution < -0.4 is 27.2 Å². The van der Waals surface area contributed by atoms with E-state index in [4.69, 9.17) is 19.9 Å². The summed E-state index contributed by atoms with van der Waals surface area (Å²) in [5.41, 5.74) is 17.0. The van der Waals surface area contributed by atoms with Crippen LogP contribution in [0.2, 0.25) is 0 Å². The zero-order chi connectivity index (χ0) is 39.1. The van der Waals surface area contributed by atoms with Crippen molar-refractivity contribution >= 4 is 13.2 Å². The molecule has 0 saturated heterocycles. The Labute approximate surface area is 359 Å². The Morgan fingerprint density at radius 1 is 0.709 bits per heavy atom. The van der Waals surface area contributed by atoms with Crippen LogP contribution in [0.15, 0.2) is 48.5 Å². The van der Waals surface area contributed by atoms with Crippen LogP contribution in [0.25, 0.3) is 16.9 Å². The third-order valence-electron chi connectivity index (χ3n) is 11.1. The average Bonchev–Trinajstić information content (AvgIpc) is 3.15. The molecule has 2 aliphatic rings. The molecule has 2 fully saturated rings. The van der Waals surface area contributed by atoms with Crippen molar-refractivity contribution in [3.63, 3.8) is 0 Å². The van der Waals surface area contributed by atoms with Gasteiger partial charge in [-0.25, -0.2) is 0 Å². The fourth-order valence-electron chi connectivity index (χ4n) is 7.97. The molecule has 0 unspecified atom stereocenters. The molecule has 0 heterocycles. The molecule has 0 radical (unpaired) electrons. The second-order valence-corrected chi connectivity index (χ2v) is 20.1. The van der Waals surface area contributed by atoms with Crippen LogP contribution in [0.4, 0.5) is 0 Å². The summed E-state index contributed by atoms with van der Waals surface area (Å²) in [6.07, 6.45) is 14.8. The summed E-state index contributed by atoms with van der Waals surface area (Å²) >= 11 is 0. The van der Waals surface area contributed by atoms with Gasteiger partial charge in [-0.15, -0.1) is 6.54 Å². The van der Waals surface area contributed by atoms with Gasteiger partial charge in [0, 0.05) is 15.0 Å². The average molecular weight is 887 g/mol. The number of hydrogen-bond acceptors (Lipinski definition) is 3. The van der Waals surface area contributed by atoms with E-state index >= 15 is 0 Å². The van der Waals surface area contributed by atoms with Gasteiger partial charge in [0.1, 0.15) is 11.1 Å². The molecular weight excluding hydrogens is 811 g/mol. The molecule has 0 aliphatic heterocycles. The van der Waals surface area contributed by atoms with Crippen molar-refractivity contribution in [2.45, 2.75) is 168 Å². The Morgan fingerprint density at radius 2 is 1.18 bits per heavy atom. The van der Waals surface area contributed by atoms with Crippen LogP contribution in [-0.4, -0.2) is 44.8 Å². The Bertz CT molecular complexity index is 1450. The molecule has 2 saturated carbocycles. The smallest absolute Gasteiger partial charge is 1.00 e. The van der Waals surface area contributed by atoms with Crippen LogP contribution in [0.1, 0.15) is 167 Å². The van der Waals surface area contributed by atoms with E-state index in [1.165, 1.54) is 92.0 Å². The minimum absolute atomic E-state index is 0. The third kappa shape index (κ3) is 15.4. The molecule has 2 aliphatic carbocycles. The number of benzene rings is 3. The van der Waals surface area contributed by atoms with E-state index in [0.717, 1.165) is 34.8 Å². The molecular formula is C48H75ClNO3PPd. The molecule has 0 spiro atoms. The van der Waals surface area contributed by atoms with Gasteiger partial charge in [-0.2, -0.15) is 35.9 Å². The Kier molecular flexibility index (Phi) is 24.2. The largest absolute Gasteiger partial charge is 2.00 e. The fourth-order valence-corrected chi connectivity index (χ4v) is 12.5.